The average Bonchev–Trinajstić information content (AvgIpc) is 2.95. The molecule has 0 radical (unpaired) electrons. The summed E-state index contributed by atoms with van der Waals surface area (Å²) in [6.07, 6.45) is -0.658. The first-order chi connectivity index (χ1) is 19.0. The smallest absolute Gasteiger partial charge is 0.162 e. The van der Waals surface area contributed by atoms with Gasteiger partial charge in [-0.2, -0.15) is 0 Å². The first kappa shape index (κ1) is 28.8. The summed E-state index contributed by atoms with van der Waals surface area (Å²) in [6, 6.07) is 13.0. The molecule has 0 amide bonds. The number of nitrogens with zero attached hydrogens (tertiary/aromatic N) is 3. The van der Waals surface area contributed by atoms with Gasteiger partial charge in [-0.05, 0) is 43.4 Å². The lowest BCUT2D eigenvalue weighted by Gasteiger charge is -2.24. The zero-order valence-electron chi connectivity index (χ0n) is 22.5. The fourth-order valence-electron chi connectivity index (χ4n) is 4.08. The van der Waals surface area contributed by atoms with Crippen LogP contribution in [0.4, 0.5) is 5.82 Å². The van der Waals surface area contributed by atoms with Crippen molar-refractivity contribution in [3.8, 4) is 39.9 Å². The molecule has 3 aromatic rings. The van der Waals surface area contributed by atoms with Crippen LogP contribution in [0.15, 0.2) is 42.5 Å². The van der Waals surface area contributed by atoms with E-state index in [0.29, 0.717) is 91.2 Å². The monoisotopic (exact) mass is 558 g/mol. The number of likely N-dealkylation sites (N-methyl/N-ethyl adjacent to an activating group) is 1. The molecule has 0 bridgehead atoms. The van der Waals surface area contributed by atoms with Crippen molar-refractivity contribution in [1.29, 1.82) is 0 Å². The van der Waals surface area contributed by atoms with E-state index in [0.717, 1.165) is 5.56 Å². The maximum atomic E-state index is 10.1. The van der Waals surface area contributed by atoms with Gasteiger partial charge in [0.2, 0.25) is 0 Å². The van der Waals surface area contributed by atoms with Gasteiger partial charge in [0.1, 0.15) is 37.5 Å². The van der Waals surface area contributed by atoms with Gasteiger partial charge in [-0.3, -0.25) is 0 Å². The number of aromatic nitrogens is 2. The number of nitrogens with one attached hydrogen (secondary N) is 1. The number of methoxy groups -OCH3 is 2. The molecule has 0 saturated heterocycles. The number of fused-ring (bicyclic) bond motifs is 1. The second-order valence-corrected chi connectivity index (χ2v) is 9.40. The zero-order chi connectivity index (χ0) is 27.6. The van der Waals surface area contributed by atoms with E-state index in [4.69, 9.17) is 45.3 Å². The van der Waals surface area contributed by atoms with Gasteiger partial charge in [-0.15, -0.1) is 0 Å². The molecule has 2 aromatic carbocycles. The van der Waals surface area contributed by atoms with E-state index in [1.54, 1.807) is 33.4 Å². The summed E-state index contributed by atoms with van der Waals surface area (Å²) >= 11 is 6.47. The van der Waals surface area contributed by atoms with E-state index in [9.17, 15) is 5.11 Å². The van der Waals surface area contributed by atoms with Crippen LogP contribution in [0, 0.1) is 0 Å². The molecule has 1 aromatic heterocycles. The van der Waals surface area contributed by atoms with E-state index >= 15 is 0 Å². The first-order valence-corrected chi connectivity index (χ1v) is 13.2. The largest absolute Gasteiger partial charge is 0.491 e. The SMILES string of the molecule is CNCC(O)COc1cc(Cl)cc(-c2nc(-c3ccc4c(c3)OCCO4)cc(N(CCOC)CCOC)n2)c1. The van der Waals surface area contributed by atoms with Crippen LogP contribution < -0.4 is 24.4 Å². The predicted octanol–water partition coefficient (Wildman–Crippen LogP) is 3.29. The van der Waals surface area contributed by atoms with Crippen LogP contribution in [-0.4, -0.2) is 95.1 Å². The third-order valence-electron chi connectivity index (χ3n) is 6.02. The second kappa shape index (κ2) is 14.3. The van der Waals surface area contributed by atoms with E-state index in [2.05, 4.69) is 10.2 Å². The molecule has 10 nitrogen and oxygen atoms in total. The lowest BCUT2D eigenvalue weighted by molar-refractivity contribution is 0.108. The summed E-state index contributed by atoms with van der Waals surface area (Å²) in [5, 5.41) is 13.5. The molecule has 0 aliphatic carbocycles. The maximum Gasteiger partial charge on any atom is 0.162 e. The quantitative estimate of drug-likeness (QED) is 0.306. The summed E-state index contributed by atoms with van der Waals surface area (Å²) in [4.78, 5) is 11.9. The summed E-state index contributed by atoms with van der Waals surface area (Å²) in [6.45, 7) is 3.81. The Morgan fingerprint density at radius 2 is 1.72 bits per heavy atom. The van der Waals surface area contributed by atoms with Gasteiger partial charge >= 0.3 is 0 Å². The number of benzene rings is 2. The van der Waals surface area contributed by atoms with Gasteiger partial charge in [0.25, 0.3) is 0 Å². The first-order valence-electron chi connectivity index (χ1n) is 12.8. The third kappa shape index (κ3) is 7.93. The van der Waals surface area contributed by atoms with Gasteiger partial charge in [0, 0.05) is 56.1 Å². The second-order valence-electron chi connectivity index (χ2n) is 8.96. The molecule has 4 rings (SSSR count). The molecule has 2 N–H and O–H groups in total. The van der Waals surface area contributed by atoms with E-state index in [-0.39, 0.29) is 6.61 Å². The number of rotatable bonds is 14. The molecular formula is C28H35ClN4O6. The van der Waals surface area contributed by atoms with Gasteiger partial charge in [-0.25, -0.2) is 9.97 Å². The van der Waals surface area contributed by atoms with Crippen molar-refractivity contribution < 1.29 is 28.8 Å². The summed E-state index contributed by atoms with van der Waals surface area (Å²) in [5.41, 5.74) is 2.25. The molecule has 1 unspecified atom stereocenters. The van der Waals surface area contributed by atoms with Crippen LogP contribution in [0.1, 0.15) is 0 Å². The minimum Gasteiger partial charge on any atom is -0.491 e. The van der Waals surface area contributed by atoms with Crippen molar-refractivity contribution in [2.24, 2.45) is 0 Å². The fraction of sp³-hybridized carbons (Fsp3) is 0.429. The van der Waals surface area contributed by atoms with Gasteiger partial charge in [0.05, 0.1) is 18.9 Å². The summed E-state index contributed by atoms with van der Waals surface area (Å²) in [7, 11) is 5.11. The van der Waals surface area contributed by atoms with Crippen LogP contribution in [0.3, 0.4) is 0 Å². The molecule has 39 heavy (non-hydrogen) atoms. The van der Waals surface area contributed by atoms with Crippen molar-refractivity contribution in [2.75, 3.05) is 78.8 Å². The Bertz CT molecular complexity index is 1220. The van der Waals surface area contributed by atoms with Crippen LogP contribution in [0.5, 0.6) is 17.2 Å². The van der Waals surface area contributed by atoms with Crippen molar-refractivity contribution in [1.82, 2.24) is 15.3 Å². The number of ether oxygens (including phenoxy) is 5. The Kier molecular flexibility index (Phi) is 10.6. The highest BCUT2D eigenvalue weighted by Gasteiger charge is 2.18. The Morgan fingerprint density at radius 1 is 0.974 bits per heavy atom. The number of anilines is 1. The topological polar surface area (TPSA) is 107 Å². The molecule has 1 atom stereocenters. The summed E-state index contributed by atoms with van der Waals surface area (Å²) < 4.78 is 28.0. The molecule has 0 saturated carbocycles. The molecule has 2 heterocycles. The predicted molar refractivity (Wildman–Crippen MR) is 150 cm³/mol. The Hall–Kier alpha value is -3.15. The molecule has 210 valence electrons. The van der Waals surface area contributed by atoms with Crippen molar-refractivity contribution in [2.45, 2.75) is 6.10 Å². The number of halogens is 1. The van der Waals surface area contributed by atoms with Gasteiger partial charge in [0.15, 0.2) is 17.3 Å². The van der Waals surface area contributed by atoms with Crippen LogP contribution in [0.25, 0.3) is 22.6 Å². The van der Waals surface area contributed by atoms with Crippen molar-refractivity contribution in [3.05, 3.63) is 47.5 Å². The van der Waals surface area contributed by atoms with Crippen LogP contribution in [0.2, 0.25) is 5.02 Å². The third-order valence-corrected chi connectivity index (χ3v) is 6.24. The highest BCUT2D eigenvalue weighted by Crippen LogP contribution is 2.36. The molecule has 0 spiro atoms. The Labute approximate surface area is 233 Å². The van der Waals surface area contributed by atoms with E-state index in [1.165, 1.54) is 0 Å². The van der Waals surface area contributed by atoms with E-state index < -0.39 is 6.10 Å². The van der Waals surface area contributed by atoms with Crippen LogP contribution >= 0.6 is 11.6 Å². The van der Waals surface area contributed by atoms with Gasteiger partial charge < -0.3 is 39.0 Å². The molecular weight excluding hydrogens is 524 g/mol. The Balaban J connectivity index is 1.76. The minimum absolute atomic E-state index is 0.117. The Morgan fingerprint density at radius 3 is 2.44 bits per heavy atom. The minimum atomic E-state index is -0.658. The standard InChI is InChI=1S/C28H35ClN4O6/c1-30-17-22(34)18-39-23-13-20(12-21(29)15-23)28-31-24(19-4-5-25-26(14-19)38-11-10-37-25)16-27(32-28)33(6-8-35-2)7-9-36-3/h4-5,12-16,22,30,34H,6-11,17-18H2,1-3H3. The fourth-order valence-corrected chi connectivity index (χ4v) is 4.31. The van der Waals surface area contributed by atoms with Gasteiger partial charge in [-0.1, -0.05) is 11.6 Å². The number of hydrogen-bond acceptors (Lipinski definition) is 10. The zero-order valence-corrected chi connectivity index (χ0v) is 23.2. The highest BCUT2D eigenvalue weighted by atomic mass is 35.5. The lowest BCUT2D eigenvalue weighted by Crippen LogP contribution is -2.31. The van der Waals surface area contributed by atoms with Crippen LogP contribution in [-0.2, 0) is 9.47 Å². The summed E-state index contributed by atoms with van der Waals surface area (Å²) in [5.74, 6) is 3.08. The lowest BCUT2D eigenvalue weighted by atomic mass is 10.1. The molecule has 1 aliphatic rings. The molecule has 11 heteroatoms. The maximum absolute atomic E-state index is 10.1. The number of hydrogen-bond donors (Lipinski definition) is 2. The normalized spacial score (nSPS) is 13.3. The number of aliphatic hydroxyl groups is 1. The highest BCUT2D eigenvalue weighted by molar-refractivity contribution is 6.31. The average molecular weight is 559 g/mol. The molecule has 1 aliphatic heterocycles. The number of aliphatic hydroxyl groups excluding tert-OH is 1. The van der Waals surface area contributed by atoms with Crippen molar-refractivity contribution >= 4 is 17.4 Å². The molecule has 0 fully saturated rings. The van der Waals surface area contributed by atoms with Crippen molar-refractivity contribution in [3.63, 3.8) is 0 Å². The van der Waals surface area contributed by atoms with E-state index in [1.807, 2.05) is 30.3 Å².